The summed E-state index contributed by atoms with van der Waals surface area (Å²) in [5.41, 5.74) is 1.58. The Morgan fingerprint density at radius 2 is 1.88 bits per heavy atom. The van der Waals surface area contributed by atoms with Crippen LogP contribution in [0.2, 0.25) is 0 Å². The lowest BCUT2D eigenvalue weighted by Crippen LogP contribution is -1.88. The smallest absolute Gasteiger partial charge is 0.193 e. The summed E-state index contributed by atoms with van der Waals surface area (Å²) in [5.74, 6) is 0. The molecule has 2 aromatic heterocycles. The van der Waals surface area contributed by atoms with Gasteiger partial charge in [0.15, 0.2) is 5.16 Å². The molecule has 0 aliphatic rings. The molecule has 0 fully saturated rings. The average molecular weight is 228 g/mol. The Labute approximate surface area is 97.4 Å². The number of rotatable bonds is 2. The van der Waals surface area contributed by atoms with Crippen molar-refractivity contribution in [1.29, 1.82) is 5.26 Å². The molecule has 0 saturated carbocycles. The molecule has 2 heterocycles. The summed E-state index contributed by atoms with van der Waals surface area (Å²) in [7, 11) is 0. The van der Waals surface area contributed by atoms with Crippen molar-refractivity contribution in [3.63, 3.8) is 0 Å². The van der Waals surface area contributed by atoms with E-state index in [1.54, 1.807) is 24.5 Å². The Morgan fingerprint density at radius 1 is 1.12 bits per heavy atom. The molecule has 0 aromatic carbocycles. The van der Waals surface area contributed by atoms with Crippen LogP contribution in [0.25, 0.3) is 0 Å². The van der Waals surface area contributed by atoms with Gasteiger partial charge in [-0.2, -0.15) is 5.26 Å². The second-order valence-electron chi connectivity index (χ2n) is 3.14. The highest BCUT2D eigenvalue weighted by atomic mass is 32.2. The molecule has 78 valence electrons. The van der Waals surface area contributed by atoms with Gasteiger partial charge in [-0.3, -0.25) is 0 Å². The molecule has 16 heavy (non-hydrogen) atoms. The number of aryl methyl sites for hydroxylation is 1. The predicted molar refractivity (Wildman–Crippen MR) is 59.8 cm³/mol. The van der Waals surface area contributed by atoms with E-state index in [2.05, 4.69) is 15.0 Å². The summed E-state index contributed by atoms with van der Waals surface area (Å²) < 4.78 is 0. The van der Waals surface area contributed by atoms with Gasteiger partial charge in [0.2, 0.25) is 0 Å². The van der Waals surface area contributed by atoms with Crippen molar-refractivity contribution >= 4 is 11.8 Å². The van der Waals surface area contributed by atoms with Gasteiger partial charge in [-0.25, -0.2) is 15.0 Å². The topological polar surface area (TPSA) is 62.5 Å². The van der Waals surface area contributed by atoms with Gasteiger partial charge in [0, 0.05) is 18.6 Å². The quantitative estimate of drug-likeness (QED) is 0.737. The van der Waals surface area contributed by atoms with Crippen LogP contribution in [0.1, 0.15) is 11.1 Å². The van der Waals surface area contributed by atoms with Gasteiger partial charge in [-0.1, -0.05) is 0 Å². The van der Waals surface area contributed by atoms with Gasteiger partial charge < -0.3 is 0 Å². The van der Waals surface area contributed by atoms with Gasteiger partial charge in [-0.15, -0.1) is 0 Å². The van der Waals surface area contributed by atoms with Crippen LogP contribution in [0.5, 0.6) is 0 Å². The van der Waals surface area contributed by atoms with Crippen molar-refractivity contribution in [3.8, 4) is 6.07 Å². The third-order valence-electron chi connectivity index (χ3n) is 1.82. The van der Waals surface area contributed by atoms with E-state index in [4.69, 9.17) is 5.26 Å². The zero-order chi connectivity index (χ0) is 11.4. The molecule has 0 aliphatic carbocycles. The first-order valence-corrected chi connectivity index (χ1v) is 5.42. The number of pyridine rings is 1. The lowest BCUT2D eigenvalue weighted by atomic mass is 10.3. The molecule has 5 heteroatoms. The summed E-state index contributed by atoms with van der Waals surface area (Å²) in [6.45, 7) is 1.94. The summed E-state index contributed by atoms with van der Waals surface area (Å²) in [5, 5.41) is 10.1. The highest BCUT2D eigenvalue weighted by molar-refractivity contribution is 7.99. The minimum absolute atomic E-state index is 0.550. The predicted octanol–water partition coefficient (Wildman–Crippen LogP) is 2.20. The first kappa shape index (κ1) is 10.6. The minimum Gasteiger partial charge on any atom is -0.248 e. The van der Waals surface area contributed by atoms with E-state index in [0.29, 0.717) is 10.7 Å². The van der Waals surface area contributed by atoms with E-state index >= 15 is 0 Å². The second kappa shape index (κ2) is 4.73. The molecule has 2 rings (SSSR count). The van der Waals surface area contributed by atoms with Crippen LogP contribution in [0, 0.1) is 18.3 Å². The minimum atomic E-state index is 0.550. The Balaban J connectivity index is 2.15. The number of nitriles is 1. The number of aromatic nitrogens is 3. The van der Waals surface area contributed by atoms with Crippen LogP contribution in [-0.4, -0.2) is 15.0 Å². The van der Waals surface area contributed by atoms with Crippen molar-refractivity contribution in [2.45, 2.75) is 17.1 Å². The van der Waals surface area contributed by atoms with Crippen LogP contribution in [0.3, 0.4) is 0 Å². The van der Waals surface area contributed by atoms with Crippen LogP contribution < -0.4 is 0 Å². The van der Waals surface area contributed by atoms with Crippen LogP contribution in [0.15, 0.2) is 40.9 Å². The monoisotopic (exact) mass is 228 g/mol. The van der Waals surface area contributed by atoms with Crippen molar-refractivity contribution in [3.05, 3.63) is 41.9 Å². The number of hydrogen-bond donors (Lipinski definition) is 0. The van der Waals surface area contributed by atoms with Gasteiger partial charge in [0.1, 0.15) is 11.1 Å². The first-order chi connectivity index (χ1) is 7.78. The average Bonchev–Trinajstić information content (AvgIpc) is 2.33. The molecule has 0 spiro atoms. The van der Waals surface area contributed by atoms with Gasteiger partial charge in [-0.05, 0) is 36.4 Å². The van der Waals surface area contributed by atoms with Crippen LogP contribution in [-0.2, 0) is 0 Å². The van der Waals surface area contributed by atoms with Crippen molar-refractivity contribution in [1.82, 2.24) is 15.0 Å². The summed E-state index contributed by atoms with van der Waals surface area (Å²) in [4.78, 5) is 12.5. The molecular weight excluding hydrogens is 220 g/mol. The molecule has 0 aliphatic heterocycles. The Kier molecular flexibility index (Phi) is 3.13. The molecule has 0 amide bonds. The van der Waals surface area contributed by atoms with E-state index in [-0.39, 0.29) is 0 Å². The first-order valence-electron chi connectivity index (χ1n) is 4.60. The largest absolute Gasteiger partial charge is 0.248 e. The van der Waals surface area contributed by atoms with Crippen LogP contribution in [0.4, 0.5) is 0 Å². The summed E-state index contributed by atoms with van der Waals surface area (Å²) in [6.07, 6.45) is 5.06. The lowest BCUT2D eigenvalue weighted by molar-refractivity contribution is 0.944. The zero-order valence-electron chi connectivity index (χ0n) is 8.58. The molecule has 0 N–H and O–H groups in total. The molecular formula is C11H8N4S. The second-order valence-corrected chi connectivity index (χ2v) is 4.13. The van der Waals surface area contributed by atoms with Crippen LogP contribution >= 0.6 is 11.8 Å². The maximum Gasteiger partial charge on any atom is 0.193 e. The lowest BCUT2D eigenvalue weighted by Gasteiger charge is -1.99. The SMILES string of the molecule is Cc1cnc(Sc2ccc(C#N)cn2)nc1. The summed E-state index contributed by atoms with van der Waals surface area (Å²) >= 11 is 1.37. The fourth-order valence-electron chi connectivity index (χ4n) is 1.03. The molecule has 0 saturated heterocycles. The third kappa shape index (κ3) is 2.55. The molecule has 4 nitrogen and oxygen atoms in total. The highest BCUT2D eigenvalue weighted by Gasteiger charge is 2.01. The molecule has 2 aromatic rings. The zero-order valence-corrected chi connectivity index (χ0v) is 9.40. The van der Waals surface area contributed by atoms with Gasteiger partial charge in [0.25, 0.3) is 0 Å². The fourth-order valence-corrected chi connectivity index (χ4v) is 1.67. The summed E-state index contributed by atoms with van der Waals surface area (Å²) in [6, 6.07) is 5.53. The number of nitrogens with zero attached hydrogens (tertiary/aromatic N) is 4. The van der Waals surface area contributed by atoms with Crippen molar-refractivity contribution in [2.75, 3.05) is 0 Å². The Hall–Kier alpha value is -1.93. The van der Waals surface area contributed by atoms with E-state index in [1.165, 1.54) is 18.0 Å². The van der Waals surface area contributed by atoms with Crippen molar-refractivity contribution in [2.24, 2.45) is 0 Å². The molecule has 0 radical (unpaired) electrons. The molecule has 0 atom stereocenters. The van der Waals surface area contributed by atoms with Gasteiger partial charge >= 0.3 is 0 Å². The Morgan fingerprint density at radius 3 is 2.44 bits per heavy atom. The fraction of sp³-hybridized carbons (Fsp3) is 0.0909. The number of hydrogen-bond acceptors (Lipinski definition) is 5. The van der Waals surface area contributed by atoms with Crippen molar-refractivity contribution < 1.29 is 0 Å². The van der Waals surface area contributed by atoms with E-state index < -0.39 is 0 Å². The molecule has 0 bridgehead atoms. The van der Waals surface area contributed by atoms with Gasteiger partial charge in [0.05, 0.1) is 5.56 Å². The van der Waals surface area contributed by atoms with E-state index in [9.17, 15) is 0 Å². The maximum atomic E-state index is 8.63. The third-order valence-corrected chi connectivity index (χ3v) is 2.66. The molecule has 0 unspecified atom stereocenters. The van der Waals surface area contributed by atoms with E-state index in [1.807, 2.05) is 13.0 Å². The van der Waals surface area contributed by atoms with E-state index in [0.717, 1.165) is 10.6 Å². The standard InChI is InChI=1S/C11H8N4S/c1-8-5-14-11(15-6-8)16-10-3-2-9(4-12)7-13-10/h2-3,5-7H,1H3. The Bertz CT molecular complexity index is 513. The maximum absolute atomic E-state index is 8.63. The highest BCUT2D eigenvalue weighted by Crippen LogP contribution is 2.21. The normalized spacial score (nSPS) is 9.75.